The molecule has 1 aliphatic heterocycles. The molecule has 0 bridgehead atoms. The third-order valence-electron chi connectivity index (χ3n) is 6.69. The molecule has 1 aliphatic carbocycles. The lowest BCUT2D eigenvalue weighted by Crippen LogP contribution is -2.44. The molecule has 1 saturated carbocycles. The molecule has 2 heterocycles. The molecule has 2 N–H and O–H groups in total. The van der Waals surface area contributed by atoms with Gasteiger partial charge in [-0.1, -0.05) is 0 Å². The van der Waals surface area contributed by atoms with E-state index < -0.39 is 11.6 Å². The number of aromatic nitrogens is 1. The van der Waals surface area contributed by atoms with Crippen LogP contribution in [0.2, 0.25) is 0 Å². The molecule has 2 fully saturated rings. The predicted octanol–water partition coefficient (Wildman–Crippen LogP) is 4.63. The SMILES string of the molecule is O=C(CCN1CCCC1=O)N[C@H]1C[C@H](c2c(-c3ccc(F)cc3)[nH]c3c(F)cc(F)cc32)C1. The van der Waals surface area contributed by atoms with Crippen LogP contribution in [0.4, 0.5) is 13.2 Å². The lowest BCUT2D eigenvalue weighted by atomic mass is 9.74. The van der Waals surface area contributed by atoms with E-state index in [2.05, 4.69) is 10.3 Å². The van der Waals surface area contributed by atoms with E-state index in [1.165, 1.54) is 18.2 Å². The zero-order valence-corrected chi connectivity index (χ0v) is 18.0. The average molecular weight is 455 g/mol. The van der Waals surface area contributed by atoms with Crippen LogP contribution in [0, 0.1) is 17.5 Å². The number of halogens is 3. The number of H-pyrrole nitrogens is 1. The van der Waals surface area contributed by atoms with Crippen molar-refractivity contribution in [2.75, 3.05) is 13.1 Å². The second-order valence-electron chi connectivity index (χ2n) is 8.90. The molecular formula is C25H24F3N3O2. The van der Waals surface area contributed by atoms with Crippen LogP contribution in [0.5, 0.6) is 0 Å². The summed E-state index contributed by atoms with van der Waals surface area (Å²) in [6, 6.07) is 7.99. The first-order valence-corrected chi connectivity index (χ1v) is 11.2. The van der Waals surface area contributed by atoms with E-state index in [4.69, 9.17) is 0 Å². The Hall–Kier alpha value is -3.29. The first kappa shape index (κ1) is 21.6. The number of fused-ring (bicyclic) bond motifs is 1. The number of aromatic amines is 1. The third-order valence-corrected chi connectivity index (χ3v) is 6.69. The summed E-state index contributed by atoms with van der Waals surface area (Å²) in [5, 5.41) is 3.47. The molecule has 3 aromatic rings. The maximum Gasteiger partial charge on any atom is 0.222 e. The topological polar surface area (TPSA) is 65.2 Å². The average Bonchev–Trinajstić information content (AvgIpc) is 3.33. The van der Waals surface area contributed by atoms with E-state index in [9.17, 15) is 22.8 Å². The van der Waals surface area contributed by atoms with Gasteiger partial charge in [0, 0.05) is 43.4 Å². The van der Waals surface area contributed by atoms with Crippen molar-refractivity contribution < 1.29 is 22.8 Å². The van der Waals surface area contributed by atoms with Gasteiger partial charge >= 0.3 is 0 Å². The van der Waals surface area contributed by atoms with Gasteiger partial charge in [0.2, 0.25) is 11.8 Å². The lowest BCUT2D eigenvalue weighted by molar-refractivity contribution is -0.128. The highest BCUT2D eigenvalue weighted by molar-refractivity contribution is 5.92. The predicted molar refractivity (Wildman–Crippen MR) is 118 cm³/mol. The zero-order chi connectivity index (χ0) is 23.1. The Morgan fingerprint density at radius 1 is 1.09 bits per heavy atom. The summed E-state index contributed by atoms with van der Waals surface area (Å²) in [4.78, 5) is 28.8. The quantitative estimate of drug-likeness (QED) is 0.569. The largest absolute Gasteiger partial charge is 0.353 e. The second-order valence-corrected chi connectivity index (χ2v) is 8.90. The summed E-state index contributed by atoms with van der Waals surface area (Å²) in [5.74, 6) is -1.74. The molecule has 5 nitrogen and oxygen atoms in total. The van der Waals surface area contributed by atoms with Gasteiger partial charge in [0.1, 0.15) is 17.5 Å². The van der Waals surface area contributed by atoms with E-state index >= 15 is 0 Å². The number of hydrogen-bond acceptors (Lipinski definition) is 2. The molecule has 1 saturated heterocycles. The summed E-state index contributed by atoms with van der Waals surface area (Å²) >= 11 is 0. The van der Waals surface area contributed by atoms with Gasteiger partial charge in [-0.15, -0.1) is 0 Å². The molecule has 5 rings (SSSR count). The van der Waals surface area contributed by atoms with Crippen LogP contribution in [0.25, 0.3) is 22.2 Å². The number of hydrogen-bond donors (Lipinski definition) is 2. The summed E-state index contributed by atoms with van der Waals surface area (Å²) in [5.41, 5.74) is 2.32. The Labute approximate surface area is 189 Å². The van der Waals surface area contributed by atoms with Gasteiger partial charge < -0.3 is 15.2 Å². The van der Waals surface area contributed by atoms with Crippen molar-refractivity contribution in [2.45, 2.75) is 44.1 Å². The van der Waals surface area contributed by atoms with Crippen LogP contribution in [-0.4, -0.2) is 40.8 Å². The Morgan fingerprint density at radius 2 is 1.85 bits per heavy atom. The first-order chi connectivity index (χ1) is 15.9. The molecule has 1 aromatic heterocycles. The minimum absolute atomic E-state index is 0.00883. The van der Waals surface area contributed by atoms with Gasteiger partial charge in [0.05, 0.1) is 11.2 Å². The summed E-state index contributed by atoms with van der Waals surface area (Å²) < 4.78 is 41.9. The highest BCUT2D eigenvalue weighted by Gasteiger charge is 2.35. The molecule has 2 aromatic carbocycles. The van der Waals surface area contributed by atoms with E-state index in [1.54, 1.807) is 17.0 Å². The van der Waals surface area contributed by atoms with E-state index in [1.807, 2.05) is 0 Å². The number of nitrogens with zero attached hydrogens (tertiary/aromatic N) is 1. The minimum atomic E-state index is -0.680. The Morgan fingerprint density at radius 3 is 2.55 bits per heavy atom. The summed E-state index contributed by atoms with van der Waals surface area (Å²) in [6.45, 7) is 1.13. The van der Waals surface area contributed by atoms with Gasteiger partial charge in [-0.2, -0.15) is 0 Å². The van der Waals surface area contributed by atoms with Crippen LogP contribution in [0.15, 0.2) is 36.4 Å². The second kappa shape index (κ2) is 8.57. The lowest BCUT2D eigenvalue weighted by Gasteiger charge is -2.36. The van der Waals surface area contributed by atoms with E-state index in [0.29, 0.717) is 49.0 Å². The first-order valence-electron chi connectivity index (χ1n) is 11.2. The molecule has 0 spiro atoms. The fourth-order valence-electron chi connectivity index (χ4n) is 4.96. The third kappa shape index (κ3) is 4.21. The molecule has 8 heteroatoms. The fraction of sp³-hybridized carbons (Fsp3) is 0.360. The number of carbonyl (C=O) groups excluding carboxylic acids is 2. The van der Waals surface area contributed by atoms with Crippen molar-refractivity contribution in [3.63, 3.8) is 0 Å². The van der Waals surface area contributed by atoms with Crippen LogP contribution in [0.1, 0.15) is 43.6 Å². The summed E-state index contributed by atoms with van der Waals surface area (Å²) in [6.07, 6.45) is 2.92. The van der Waals surface area contributed by atoms with Crippen molar-refractivity contribution in [2.24, 2.45) is 0 Å². The molecule has 172 valence electrons. The van der Waals surface area contributed by atoms with Crippen molar-refractivity contribution >= 4 is 22.7 Å². The summed E-state index contributed by atoms with van der Waals surface area (Å²) in [7, 11) is 0. The molecule has 2 amide bonds. The van der Waals surface area contributed by atoms with Crippen molar-refractivity contribution in [1.82, 2.24) is 15.2 Å². The van der Waals surface area contributed by atoms with E-state index in [0.717, 1.165) is 18.1 Å². The van der Waals surface area contributed by atoms with Gasteiger partial charge in [-0.3, -0.25) is 9.59 Å². The molecule has 0 unspecified atom stereocenters. The van der Waals surface area contributed by atoms with Crippen molar-refractivity contribution in [1.29, 1.82) is 0 Å². The van der Waals surface area contributed by atoms with Crippen LogP contribution >= 0.6 is 0 Å². The fourth-order valence-corrected chi connectivity index (χ4v) is 4.96. The molecular weight excluding hydrogens is 431 g/mol. The number of benzene rings is 2. The maximum atomic E-state index is 14.5. The van der Waals surface area contributed by atoms with Gasteiger partial charge in [0.15, 0.2) is 0 Å². The Bertz CT molecular complexity index is 1220. The number of likely N-dealkylation sites (tertiary alicyclic amines) is 1. The molecule has 0 radical (unpaired) electrons. The number of rotatable bonds is 6. The highest BCUT2D eigenvalue weighted by Crippen LogP contribution is 2.45. The molecule has 0 atom stereocenters. The van der Waals surface area contributed by atoms with Crippen LogP contribution in [-0.2, 0) is 9.59 Å². The zero-order valence-electron chi connectivity index (χ0n) is 18.0. The maximum absolute atomic E-state index is 14.5. The standard InChI is InChI=1S/C25H24F3N3O2/c26-16-5-3-14(4-6-16)24-23(19-12-17(27)13-20(28)25(19)30-24)15-10-18(11-15)29-21(32)7-9-31-8-1-2-22(31)33/h3-6,12-13,15,18,30H,1-2,7-11H2,(H,29,32)/t15-,18-. The highest BCUT2D eigenvalue weighted by atomic mass is 19.1. The van der Waals surface area contributed by atoms with Crippen molar-refractivity contribution in [3.8, 4) is 11.3 Å². The number of amides is 2. The monoisotopic (exact) mass is 455 g/mol. The van der Waals surface area contributed by atoms with Crippen LogP contribution < -0.4 is 5.32 Å². The van der Waals surface area contributed by atoms with E-state index in [-0.39, 0.29) is 41.5 Å². The number of carbonyl (C=O) groups is 2. The number of nitrogens with one attached hydrogen (secondary N) is 2. The minimum Gasteiger partial charge on any atom is -0.353 e. The van der Waals surface area contributed by atoms with Crippen molar-refractivity contribution in [3.05, 3.63) is 59.4 Å². The van der Waals surface area contributed by atoms with Gasteiger partial charge in [-0.05, 0) is 66.6 Å². The van der Waals surface area contributed by atoms with Gasteiger partial charge in [0.25, 0.3) is 0 Å². The Balaban J connectivity index is 1.32. The van der Waals surface area contributed by atoms with Crippen LogP contribution in [0.3, 0.4) is 0 Å². The van der Waals surface area contributed by atoms with Gasteiger partial charge in [-0.25, -0.2) is 13.2 Å². The Kier molecular flexibility index (Phi) is 5.60. The normalized spacial score (nSPS) is 20.3. The molecule has 33 heavy (non-hydrogen) atoms. The molecule has 2 aliphatic rings. The smallest absolute Gasteiger partial charge is 0.222 e.